The van der Waals surface area contributed by atoms with Gasteiger partial charge in [-0.3, -0.25) is 14.4 Å². The minimum atomic E-state index is -0.562. The number of carbonyl (C=O) groups excluding carboxylic acids is 2. The molecule has 192 valence electrons. The molecule has 2 aliphatic rings. The summed E-state index contributed by atoms with van der Waals surface area (Å²) in [5.74, 6) is -1.10. The van der Waals surface area contributed by atoms with Crippen LogP contribution in [0.15, 0.2) is 53.3 Å². The molecule has 1 aliphatic heterocycles. The molecule has 0 atom stereocenters. The highest BCUT2D eigenvalue weighted by atomic mass is 19.1. The van der Waals surface area contributed by atoms with Crippen LogP contribution in [0.1, 0.15) is 64.0 Å². The van der Waals surface area contributed by atoms with Gasteiger partial charge in [-0.1, -0.05) is 36.4 Å². The zero-order valence-corrected chi connectivity index (χ0v) is 20.8. The maximum atomic E-state index is 14.7. The second-order valence-corrected chi connectivity index (χ2v) is 9.92. The van der Waals surface area contributed by atoms with Crippen LogP contribution in [0.5, 0.6) is 0 Å². The van der Waals surface area contributed by atoms with E-state index in [0.717, 1.165) is 53.6 Å². The van der Waals surface area contributed by atoms with Gasteiger partial charge in [-0.05, 0) is 67.3 Å². The van der Waals surface area contributed by atoms with Gasteiger partial charge < -0.3 is 10.2 Å². The average Bonchev–Trinajstić information content (AvgIpc) is 2.94. The van der Waals surface area contributed by atoms with Crippen molar-refractivity contribution in [2.24, 2.45) is 5.92 Å². The normalized spacial score (nSPS) is 15.8. The number of aromatic nitrogens is 2. The first-order valence-corrected chi connectivity index (χ1v) is 13.0. The molecular weight excluding hydrogens is 471 g/mol. The number of likely N-dealkylation sites (tertiary alicyclic amines) is 1. The largest absolute Gasteiger partial charge is 0.352 e. The maximum absolute atomic E-state index is 14.7. The lowest BCUT2D eigenvalue weighted by atomic mass is 9.90. The fourth-order valence-corrected chi connectivity index (χ4v) is 5.36. The third-order valence-electron chi connectivity index (χ3n) is 7.48. The Morgan fingerprint density at radius 1 is 1.00 bits per heavy atom. The molecule has 1 saturated heterocycles. The standard InChI is InChI=1S/C29H31FN4O3/c30-25-11-10-20(17-26-22-8-4-5-9-23(22)28(36)33-32-26)16-24(25)29(37)34-14-12-21(13-15-34)27(35)31-18-19-6-2-1-3-7-19/h1-3,6-7,10-11,16,21H,4-5,8-9,12-15,17-18H2,(H,31,35)(H,33,36). The highest BCUT2D eigenvalue weighted by molar-refractivity contribution is 5.95. The molecule has 0 saturated carbocycles. The van der Waals surface area contributed by atoms with Gasteiger partial charge in [0, 0.05) is 37.5 Å². The zero-order valence-electron chi connectivity index (χ0n) is 20.8. The predicted octanol–water partition coefficient (Wildman–Crippen LogP) is 3.55. The molecule has 2 N–H and O–H groups in total. The first kappa shape index (κ1) is 24.9. The Bertz CT molecular complexity index is 1350. The number of nitrogens with one attached hydrogen (secondary N) is 2. The third-order valence-corrected chi connectivity index (χ3v) is 7.48. The van der Waals surface area contributed by atoms with Gasteiger partial charge in [-0.25, -0.2) is 9.49 Å². The molecular formula is C29H31FN4O3. The summed E-state index contributed by atoms with van der Waals surface area (Å²) in [4.78, 5) is 39.6. The lowest BCUT2D eigenvalue weighted by Crippen LogP contribution is -2.43. The van der Waals surface area contributed by atoms with Gasteiger partial charge in [0.2, 0.25) is 5.91 Å². The van der Waals surface area contributed by atoms with E-state index < -0.39 is 5.82 Å². The molecule has 1 aromatic heterocycles. The van der Waals surface area contributed by atoms with E-state index in [9.17, 15) is 18.8 Å². The van der Waals surface area contributed by atoms with E-state index in [4.69, 9.17) is 0 Å². The molecule has 0 bridgehead atoms. The monoisotopic (exact) mass is 502 g/mol. The molecule has 2 heterocycles. The van der Waals surface area contributed by atoms with Crippen molar-refractivity contribution in [1.29, 1.82) is 0 Å². The summed E-state index contributed by atoms with van der Waals surface area (Å²) in [6, 6.07) is 14.3. The van der Waals surface area contributed by atoms with Gasteiger partial charge in [0.15, 0.2) is 0 Å². The minimum Gasteiger partial charge on any atom is -0.352 e. The number of benzene rings is 2. The molecule has 1 aliphatic carbocycles. The van der Waals surface area contributed by atoms with Crippen LogP contribution < -0.4 is 10.9 Å². The Balaban J connectivity index is 1.22. The molecule has 2 amide bonds. The van der Waals surface area contributed by atoms with Crippen LogP contribution in [0.2, 0.25) is 0 Å². The van der Waals surface area contributed by atoms with E-state index in [1.807, 2.05) is 30.3 Å². The molecule has 1 fully saturated rings. The quantitative estimate of drug-likeness (QED) is 0.539. The number of fused-ring (bicyclic) bond motifs is 1. The predicted molar refractivity (Wildman–Crippen MR) is 138 cm³/mol. The Labute approximate surface area is 215 Å². The van der Waals surface area contributed by atoms with E-state index in [2.05, 4.69) is 15.5 Å². The number of aromatic amines is 1. The summed E-state index contributed by atoms with van der Waals surface area (Å²) in [7, 11) is 0. The topological polar surface area (TPSA) is 95.2 Å². The van der Waals surface area contributed by atoms with E-state index in [-0.39, 0.29) is 28.9 Å². The number of rotatable bonds is 6. The van der Waals surface area contributed by atoms with Crippen molar-refractivity contribution in [1.82, 2.24) is 20.4 Å². The molecule has 0 radical (unpaired) electrons. The molecule has 0 spiro atoms. The number of nitrogens with zero attached hydrogens (tertiary/aromatic N) is 2. The van der Waals surface area contributed by atoms with Crippen LogP contribution in [0, 0.1) is 11.7 Å². The molecule has 0 unspecified atom stereocenters. The van der Waals surface area contributed by atoms with Crippen LogP contribution in [-0.2, 0) is 30.6 Å². The van der Waals surface area contributed by atoms with Crippen molar-refractivity contribution < 1.29 is 14.0 Å². The second-order valence-electron chi connectivity index (χ2n) is 9.92. The number of H-pyrrole nitrogens is 1. The third kappa shape index (κ3) is 5.63. The Morgan fingerprint density at radius 2 is 1.73 bits per heavy atom. The number of halogens is 1. The first-order chi connectivity index (χ1) is 18.0. The van der Waals surface area contributed by atoms with Gasteiger partial charge in [-0.2, -0.15) is 5.10 Å². The molecule has 37 heavy (non-hydrogen) atoms. The van der Waals surface area contributed by atoms with Crippen LogP contribution in [0.4, 0.5) is 4.39 Å². The summed E-state index contributed by atoms with van der Waals surface area (Å²) in [5, 5.41) is 9.84. The number of hydrogen-bond acceptors (Lipinski definition) is 4. The molecule has 8 heteroatoms. The number of carbonyl (C=O) groups is 2. The van der Waals surface area contributed by atoms with Gasteiger partial charge >= 0.3 is 0 Å². The number of amides is 2. The van der Waals surface area contributed by atoms with Crippen LogP contribution in [-0.4, -0.2) is 40.0 Å². The van der Waals surface area contributed by atoms with Crippen molar-refractivity contribution in [3.05, 3.63) is 98.2 Å². The molecule has 7 nitrogen and oxygen atoms in total. The SMILES string of the molecule is O=C(NCc1ccccc1)C1CCN(C(=O)c2cc(Cc3n[nH]c(=O)c4c3CCCC4)ccc2F)CC1. The minimum absolute atomic E-state index is 0.0131. The van der Waals surface area contributed by atoms with E-state index in [1.165, 1.54) is 6.07 Å². The van der Waals surface area contributed by atoms with Gasteiger partial charge in [0.25, 0.3) is 11.5 Å². The smallest absolute Gasteiger partial charge is 0.267 e. The zero-order chi connectivity index (χ0) is 25.8. The van der Waals surface area contributed by atoms with Gasteiger partial charge in [0.1, 0.15) is 5.82 Å². The van der Waals surface area contributed by atoms with Crippen molar-refractivity contribution in [2.45, 2.75) is 51.5 Å². The van der Waals surface area contributed by atoms with Crippen molar-refractivity contribution in [3.8, 4) is 0 Å². The number of piperidine rings is 1. The summed E-state index contributed by atoms with van der Waals surface area (Å²) < 4.78 is 14.7. The Hall–Kier alpha value is -3.81. The summed E-state index contributed by atoms with van der Waals surface area (Å²) in [6.45, 7) is 1.28. The van der Waals surface area contributed by atoms with Gasteiger partial charge in [-0.15, -0.1) is 0 Å². The number of hydrogen-bond donors (Lipinski definition) is 2. The molecule has 5 rings (SSSR count). The highest BCUT2D eigenvalue weighted by Gasteiger charge is 2.29. The highest BCUT2D eigenvalue weighted by Crippen LogP contribution is 2.24. The van der Waals surface area contributed by atoms with Crippen molar-refractivity contribution >= 4 is 11.8 Å². The fourth-order valence-electron chi connectivity index (χ4n) is 5.36. The fraction of sp³-hybridized carbons (Fsp3) is 0.379. The Morgan fingerprint density at radius 3 is 2.49 bits per heavy atom. The maximum Gasteiger partial charge on any atom is 0.267 e. The summed E-state index contributed by atoms with van der Waals surface area (Å²) in [6.07, 6.45) is 5.06. The summed E-state index contributed by atoms with van der Waals surface area (Å²) in [5.41, 5.74) is 4.27. The van der Waals surface area contributed by atoms with Crippen molar-refractivity contribution in [3.63, 3.8) is 0 Å². The lowest BCUT2D eigenvalue weighted by molar-refractivity contribution is -0.126. The van der Waals surface area contributed by atoms with E-state index in [1.54, 1.807) is 17.0 Å². The van der Waals surface area contributed by atoms with Crippen molar-refractivity contribution in [2.75, 3.05) is 13.1 Å². The molecule has 2 aromatic carbocycles. The van der Waals surface area contributed by atoms with E-state index in [0.29, 0.717) is 38.9 Å². The van der Waals surface area contributed by atoms with Crippen LogP contribution in [0.3, 0.4) is 0 Å². The van der Waals surface area contributed by atoms with Crippen LogP contribution in [0.25, 0.3) is 0 Å². The average molecular weight is 503 g/mol. The van der Waals surface area contributed by atoms with Crippen LogP contribution >= 0.6 is 0 Å². The Kier molecular flexibility index (Phi) is 7.44. The van der Waals surface area contributed by atoms with E-state index >= 15 is 0 Å². The lowest BCUT2D eigenvalue weighted by Gasteiger charge is -2.31. The second kappa shape index (κ2) is 11.1. The first-order valence-electron chi connectivity index (χ1n) is 13.0. The summed E-state index contributed by atoms with van der Waals surface area (Å²) >= 11 is 0. The molecule has 3 aromatic rings. The van der Waals surface area contributed by atoms with Gasteiger partial charge in [0.05, 0.1) is 11.3 Å².